The number of rotatable bonds is 4. The summed E-state index contributed by atoms with van der Waals surface area (Å²) in [4.78, 5) is 13.5. The minimum absolute atomic E-state index is 0.168. The third-order valence-corrected chi connectivity index (χ3v) is 3.28. The van der Waals surface area contributed by atoms with Crippen molar-refractivity contribution in [3.05, 3.63) is 54.7 Å². The maximum Gasteiger partial charge on any atom is 0.225 e. The maximum absolute atomic E-state index is 9.42. The number of pyridine rings is 1. The first kappa shape index (κ1) is 16.7. The summed E-state index contributed by atoms with van der Waals surface area (Å²) in [7, 11) is 0. The number of phenolic OH excluding ortho intramolecular Hbond substituents is 1. The van der Waals surface area contributed by atoms with E-state index < -0.39 is 0 Å². The number of anilines is 3. The predicted octanol–water partition coefficient (Wildman–Crippen LogP) is 4.20. The van der Waals surface area contributed by atoms with Crippen LogP contribution in [-0.4, -0.2) is 25.6 Å². The second-order valence-electron chi connectivity index (χ2n) is 6.72. The summed E-state index contributed by atoms with van der Waals surface area (Å²) in [6.45, 7) is 6.16. The third-order valence-electron chi connectivity index (χ3n) is 3.28. The molecule has 2 aromatic heterocycles. The van der Waals surface area contributed by atoms with Crippen LogP contribution in [0.4, 0.5) is 17.5 Å². The molecule has 3 N–H and O–H groups in total. The van der Waals surface area contributed by atoms with Crippen LogP contribution in [-0.2, 0) is 0 Å². The van der Waals surface area contributed by atoms with Crippen molar-refractivity contribution in [3.63, 3.8) is 0 Å². The van der Waals surface area contributed by atoms with Crippen molar-refractivity contribution < 1.29 is 5.11 Å². The van der Waals surface area contributed by atoms with Crippen LogP contribution in [0.25, 0.3) is 11.4 Å². The quantitative estimate of drug-likeness (QED) is 0.620. The molecule has 0 aliphatic carbocycles. The molecule has 6 heteroatoms. The highest BCUT2D eigenvalue weighted by molar-refractivity contribution is 5.65. The van der Waals surface area contributed by atoms with Crippen LogP contribution in [0, 0.1) is 0 Å². The van der Waals surface area contributed by atoms with Gasteiger partial charge in [0.05, 0.1) is 11.4 Å². The van der Waals surface area contributed by atoms with Gasteiger partial charge in [-0.05, 0) is 57.2 Å². The van der Waals surface area contributed by atoms with Gasteiger partial charge in [0.15, 0.2) is 0 Å². The Kier molecular flexibility index (Phi) is 4.52. The number of hydrogen-bond acceptors (Lipinski definition) is 6. The monoisotopic (exact) mass is 335 g/mol. The van der Waals surface area contributed by atoms with Crippen molar-refractivity contribution in [1.29, 1.82) is 0 Å². The summed E-state index contributed by atoms with van der Waals surface area (Å²) in [5.41, 5.74) is 2.16. The van der Waals surface area contributed by atoms with E-state index in [1.54, 1.807) is 30.5 Å². The molecule has 0 bridgehead atoms. The van der Waals surface area contributed by atoms with E-state index >= 15 is 0 Å². The molecule has 0 atom stereocenters. The Hall–Kier alpha value is -3.15. The fraction of sp³-hybridized carbons (Fsp3) is 0.211. The van der Waals surface area contributed by atoms with Gasteiger partial charge < -0.3 is 15.7 Å². The van der Waals surface area contributed by atoms with Crippen molar-refractivity contribution in [3.8, 4) is 17.1 Å². The molecule has 0 amide bonds. The van der Waals surface area contributed by atoms with Crippen molar-refractivity contribution in [2.45, 2.75) is 26.3 Å². The second kappa shape index (κ2) is 6.76. The van der Waals surface area contributed by atoms with Gasteiger partial charge in [-0.2, -0.15) is 4.98 Å². The normalized spacial score (nSPS) is 11.2. The summed E-state index contributed by atoms with van der Waals surface area (Å²) in [6.07, 6.45) is 1.74. The van der Waals surface area contributed by atoms with Crippen LogP contribution < -0.4 is 10.6 Å². The molecule has 0 unspecified atom stereocenters. The van der Waals surface area contributed by atoms with E-state index in [4.69, 9.17) is 0 Å². The fourth-order valence-electron chi connectivity index (χ4n) is 2.24. The lowest BCUT2D eigenvalue weighted by Crippen LogP contribution is -2.27. The Morgan fingerprint density at radius 1 is 0.920 bits per heavy atom. The van der Waals surface area contributed by atoms with Crippen LogP contribution in [0.15, 0.2) is 54.7 Å². The van der Waals surface area contributed by atoms with Gasteiger partial charge in [-0.3, -0.25) is 4.98 Å². The molecule has 0 saturated carbocycles. The number of aromatic nitrogens is 3. The van der Waals surface area contributed by atoms with Crippen molar-refractivity contribution >= 4 is 17.5 Å². The number of benzene rings is 1. The minimum atomic E-state index is -0.168. The highest BCUT2D eigenvalue weighted by atomic mass is 16.3. The molecule has 0 spiro atoms. The summed E-state index contributed by atoms with van der Waals surface area (Å²) in [5, 5.41) is 15.9. The third kappa shape index (κ3) is 4.67. The van der Waals surface area contributed by atoms with Crippen LogP contribution in [0.1, 0.15) is 20.8 Å². The van der Waals surface area contributed by atoms with Crippen LogP contribution in [0.5, 0.6) is 5.75 Å². The molecule has 128 valence electrons. The van der Waals surface area contributed by atoms with E-state index in [1.807, 2.05) is 24.3 Å². The molecule has 3 rings (SSSR count). The van der Waals surface area contributed by atoms with E-state index in [1.165, 1.54) is 0 Å². The van der Waals surface area contributed by atoms with E-state index in [9.17, 15) is 5.11 Å². The van der Waals surface area contributed by atoms with E-state index in [0.717, 1.165) is 17.1 Å². The molecule has 3 aromatic rings. The SMILES string of the molecule is CC(C)(C)Nc1nc(Nc2ccc(O)cc2)cc(-c2ccccn2)n1. The molecule has 2 heterocycles. The largest absolute Gasteiger partial charge is 0.508 e. The number of aromatic hydroxyl groups is 1. The van der Waals surface area contributed by atoms with Gasteiger partial charge in [0, 0.05) is 23.5 Å². The first-order chi connectivity index (χ1) is 11.9. The Balaban J connectivity index is 1.98. The van der Waals surface area contributed by atoms with E-state index in [2.05, 4.69) is 46.4 Å². The van der Waals surface area contributed by atoms with Gasteiger partial charge in [-0.1, -0.05) is 6.07 Å². The highest BCUT2D eigenvalue weighted by Crippen LogP contribution is 2.24. The van der Waals surface area contributed by atoms with Crippen molar-refractivity contribution in [2.75, 3.05) is 10.6 Å². The summed E-state index contributed by atoms with van der Waals surface area (Å²) < 4.78 is 0. The molecule has 1 aromatic carbocycles. The van der Waals surface area contributed by atoms with Gasteiger partial charge in [-0.25, -0.2) is 4.98 Å². The lowest BCUT2D eigenvalue weighted by molar-refractivity contribution is 0.475. The molecule has 0 aliphatic heterocycles. The Morgan fingerprint density at radius 3 is 2.32 bits per heavy atom. The molecular weight excluding hydrogens is 314 g/mol. The summed E-state index contributed by atoms with van der Waals surface area (Å²) in [6, 6.07) is 14.4. The van der Waals surface area contributed by atoms with Gasteiger partial charge in [0.25, 0.3) is 0 Å². The summed E-state index contributed by atoms with van der Waals surface area (Å²) in [5.74, 6) is 1.39. The van der Waals surface area contributed by atoms with Gasteiger partial charge in [0.2, 0.25) is 5.95 Å². The second-order valence-corrected chi connectivity index (χ2v) is 6.72. The van der Waals surface area contributed by atoms with Crippen LogP contribution >= 0.6 is 0 Å². The number of nitrogens with one attached hydrogen (secondary N) is 2. The molecule has 0 saturated heterocycles. The molecule has 0 radical (unpaired) electrons. The zero-order valence-electron chi connectivity index (χ0n) is 14.5. The van der Waals surface area contributed by atoms with E-state index in [0.29, 0.717) is 11.8 Å². The molecule has 6 nitrogen and oxygen atoms in total. The highest BCUT2D eigenvalue weighted by Gasteiger charge is 2.14. The van der Waals surface area contributed by atoms with Gasteiger partial charge >= 0.3 is 0 Å². The smallest absolute Gasteiger partial charge is 0.225 e. The average molecular weight is 335 g/mol. The van der Waals surface area contributed by atoms with Crippen LogP contribution in [0.3, 0.4) is 0 Å². The number of nitrogens with zero attached hydrogens (tertiary/aromatic N) is 3. The minimum Gasteiger partial charge on any atom is -0.508 e. The average Bonchev–Trinajstić information content (AvgIpc) is 2.56. The fourth-order valence-corrected chi connectivity index (χ4v) is 2.24. The zero-order chi connectivity index (χ0) is 17.9. The van der Waals surface area contributed by atoms with Crippen molar-refractivity contribution in [2.24, 2.45) is 0 Å². The van der Waals surface area contributed by atoms with Crippen LogP contribution in [0.2, 0.25) is 0 Å². The number of phenols is 1. The zero-order valence-corrected chi connectivity index (χ0v) is 14.5. The predicted molar refractivity (Wildman–Crippen MR) is 100 cm³/mol. The molecule has 25 heavy (non-hydrogen) atoms. The lowest BCUT2D eigenvalue weighted by atomic mass is 10.1. The first-order valence-electron chi connectivity index (χ1n) is 8.04. The maximum atomic E-state index is 9.42. The Labute approximate surface area is 147 Å². The first-order valence-corrected chi connectivity index (χ1v) is 8.04. The Morgan fingerprint density at radius 2 is 1.68 bits per heavy atom. The standard InChI is InChI=1S/C19H21N5O/c1-19(2,3)24-18-22-16(15-6-4-5-11-20-15)12-17(23-18)21-13-7-9-14(25)10-8-13/h4-12,25H,1-3H3,(H2,21,22,23,24). The summed E-state index contributed by atoms with van der Waals surface area (Å²) >= 11 is 0. The van der Waals surface area contributed by atoms with Gasteiger partial charge in [-0.15, -0.1) is 0 Å². The Bertz CT molecular complexity index is 842. The van der Waals surface area contributed by atoms with Crippen molar-refractivity contribution in [1.82, 2.24) is 15.0 Å². The topological polar surface area (TPSA) is 83.0 Å². The number of hydrogen-bond donors (Lipinski definition) is 3. The molecule has 0 fully saturated rings. The molecule has 0 aliphatic rings. The molecular formula is C19H21N5O. The van der Waals surface area contributed by atoms with E-state index in [-0.39, 0.29) is 11.3 Å². The van der Waals surface area contributed by atoms with Gasteiger partial charge in [0.1, 0.15) is 11.6 Å². The lowest BCUT2D eigenvalue weighted by Gasteiger charge is -2.21.